The molecule has 1 aliphatic rings. The fourth-order valence-electron chi connectivity index (χ4n) is 2.15. The van der Waals surface area contributed by atoms with Crippen LogP contribution in [0.4, 0.5) is 5.82 Å². The third-order valence-electron chi connectivity index (χ3n) is 3.13. The van der Waals surface area contributed by atoms with Crippen molar-refractivity contribution in [3.8, 4) is 0 Å². The van der Waals surface area contributed by atoms with E-state index in [9.17, 15) is 0 Å². The molecule has 1 aromatic rings. The van der Waals surface area contributed by atoms with Crippen LogP contribution in [0.25, 0.3) is 0 Å². The van der Waals surface area contributed by atoms with Crippen molar-refractivity contribution < 1.29 is 0 Å². The Bertz CT molecular complexity index is 387. The van der Waals surface area contributed by atoms with Crippen LogP contribution in [-0.4, -0.2) is 35.6 Å². The number of hydrogen-bond acceptors (Lipinski definition) is 4. The second kappa shape index (κ2) is 6.43. The topological polar surface area (TPSA) is 28.2 Å². The lowest BCUT2D eigenvalue weighted by Crippen LogP contribution is -2.33. The first kappa shape index (κ1) is 13.7. The Kier molecular flexibility index (Phi) is 4.89. The van der Waals surface area contributed by atoms with E-state index in [-0.39, 0.29) is 0 Å². The van der Waals surface area contributed by atoms with Crippen LogP contribution in [0.15, 0.2) is 12.3 Å². The average molecular weight is 265 g/mol. The summed E-state index contributed by atoms with van der Waals surface area (Å²) >= 11 is 2.03. The van der Waals surface area contributed by atoms with E-state index in [1.54, 1.807) is 0 Å². The molecule has 0 radical (unpaired) electrons. The summed E-state index contributed by atoms with van der Waals surface area (Å²) in [5.74, 6) is 3.61. The van der Waals surface area contributed by atoms with Crippen LogP contribution >= 0.6 is 11.8 Å². The Morgan fingerprint density at radius 3 is 2.72 bits per heavy atom. The van der Waals surface area contributed by atoms with Gasteiger partial charge in [0, 0.05) is 43.4 Å². The molecule has 0 spiro atoms. The zero-order valence-electron chi connectivity index (χ0n) is 11.6. The highest BCUT2D eigenvalue weighted by Crippen LogP contribution is 2.21. The smallest absolute Gasteiger partial charge is 0.131 e. The summed E-state index contributed by atoms with van der Waals surface area (Å²) in [4.78, 5) is 7.06. The normalized spacial score (nSPS) is 16.3. The van der Waals surface area contributed by atoms with Crippen LogP contribution < -0.4 is 10.2 Å². The van der Waals surface area contributed by atoms with Gasteiger partial charge in [0.2, 0.25) is 0 Å². The zero-order valence-corrected chi connectivity index (χ0v) is 12.4. The van der Waals surface area contributed by atoms with Crippen LogP contribution in [0, 0.1) is 6.92 Å². The minimum atomic E-state index is 0.518. The molecule has 100 valence electrons. The molecular formula is C14H23N3S. The van der Waals surface area contributed by atoms with E-state index >= 15 is 0 Å². The van der Waals surface area contributed by atoms with Crippen molar-refractivity contribution >= 4 is 17.6 Å². The molecule has 1 fully saturated rings. The van der Waals surface area contributed by atoms with Crippen molar-refractivity contribution in [1.82, 2.24) is 10.3 Å². The van der Waals surface area contributed by atoms with Crippen molar-refractivity contribution in [2.45, 2.75) is 33.4 Å². The molecule has 1 aromatic heterocycles. The maximum Gasteiger partial charge on any atom is 0.131 e. The summed E-state index contributed by atoms with van der Waals surface area (Å²) in [6.07, 6.45) is 2.01. The highest BCUT2D eigenvalue weighted by atomic mass is 32.2. The van der Waals surface area contributed by atoms with Crippen molar-refractivity contribution in [2.75, 3.05) is 29.5 Å². The zero-order chi connectivity index (χ0) is 13.0. The van der Waals surface area contributed by atoms with E-state index in [4.69, 9.17) is 0 Å². The molecule has 0 amide bonds. The number of hydrogen-bond donors (Lipinski definition) is 1. The number of nitrogens with one attached hydrogen (secondary N) is 1. The Morgan fingerprint density at radius 1 is 1.39 bits per heavy atom. The molecule has 0 aliphatic carbocycles. The van der Waals surface area contributed by atoms with Gasteiger partial charge in [0.1, 0.15) is 5.82 Å². The molecule has 1 saturated heterocycles. The molecule has 2 heterocycles. The molecule has 0 atom stereocenters. The third-order valence-corrected chi connectivity index (χ3v) is 4.07. The molecule has 0 bridgehead atoms. The summed E-state index contributed by atoms with van der Waals surface area (Å²) in [5, 5.41) is 3.43. The van der Waals surface area contributed by atoms with Gasteiger partial charge in [-0.1, -0.05) is 13.8 Å². The average Bonchev–Trinajstić information content (AvgIpc) is 2.37. The van der Waals surface area contributed by atoms with Gasteiger partial charge < -0.3 is 10.2 Å². The van der Waals surface area contributed by atoms with Crippen molar-refractivity contribution in [3.05, 3.63) is 23.4 Å². The Hall–Kier alpha value is -0.740. The fourth-order valence-corrected chi connectivity index (χ4v) is 3.05. The van der Waals surface area contributed by atoms with Gasteiger partial charge in [-0.3, -0.25) is 0 Å². The molecule has 1 N–H and O–H groups in total. The van der Waals surface area contributed by atoms with E-state index in [1.807, 2.05) is 18.0 Å². The van der Waals surface area contributed by atoms with Crippen molar-refractivity contribution in [3.63, 3.8) is 0 Å². The molecule has 18 heavy (non-hydrogen) atoms. The minimum absolute atomic E-state index is 0.518. The number of aryl methyl sites for hydroxylation is 1. The van der Waals surface area contributed by atoms with Gasteiger partial charge in [-0.2, -0.15) is 11.8 Å². The predicted octanol–water partition coefficient (Wildman–Crippen LogP) is 2.44. The fraction of sp³-hybridized carbons (Fsp3) is 0.643. The molecule has 0 unspecified atom stereocenters. The van der Waals surface area contributed by atoms with E-state index in [0.29, 0.717) is 6.04 Å². The van der Waals surface area contributed by atoms with Crippen LogP contribution in [0.2, 0.25) is 0 Å². The monoisotopic (exact) mass is 265 g/mol. The van der Waals surface area contributed by atoms with E-state index < -0.39 is 0 Å². The van der Waals surface area contributed by atoms with Crippen LogP contribution in [0.5, 0.6) is 0 Å². The lowest BCUT2D eigenvalue weighted by atomic mass is 10.2. The van der Waals surface area contributed by atoms with E-state index in [1.165, 1.54) is 28.5 Å². The quantitative estimate of drug-likeness (QED) is 0.905. The third kappa shape index (κ3) is 3.62. The number of anilines is 1. The van der Waals surface area contributed by atoms with Gasteiger partial charge in [0.05, 0.1) is 0 Å². The first-order valence-corrected chi connectivity index (χ1v) is 7.84. The Morgan fingerprint density at radius 2 is 2.11 bits per heavy atom. The highest BCUT2D eigenvalue weighted by molar-refractivity contribution is 7.99. The SMILES string of the molecule is Cc1cc(CNC(C)C)cnc1N1CCSCC1. The van der Waals surface area contributed by atoms with Gasteiger partial charge >= 0.3 is 0 Å². The second-order valence-corrected chi connectivity index (χ2v) is 6.34. The lowest BCUT2D eigenvalue weighted by molar-refractivity contribution is 0.587. The molecule has 0 aromatic carbocycles. The van der Waals surface area contributed by atoms with Gasteiger partial charge in [0.25, 0.3) is 0 Å². The summed E-state index contributed by atoms with van der Waals surface area (Å²) in [6.45, 7) is 9.66. The van der Waals surface area contributed by atoms with Crippen LogP contribution in [0.3, 0.4) is 0 Å². The second-order valence-electron chi connectivity index (χ2n) is 5.12. The molecular weight excluding hydrogens is 242 g/mol. The predicted molar refractivity (Wildman–Crippen MR) is 80.5 cm³/mol. The lowest BCUT2D eigenvalue weighted by Gasteiger charge is -2.28. The number of thioether (sulfide) groups is 1. The number of nitrogens with zero attached hydrogens (tertiary/aromatic N) is 2. The summed E-state index contributed by atoms with van der Waals surface area (Å²) in [5.41, 5.74) is 2.57. The van der Waals surface area contributed by atoms with Gasteiger partial charge in [-0.25, -0.2) is 4.98 Å². The maximum atomic E-state index is 4.66. The summed E-state index contributed by atoms with van der Waals surface area (Å²) < 4.78 is 0. The summed E-state index contributed by atoms with van der Waals surface area (Å²) in [6, 6.07) is 2.78. The van der Waals surface area contributed by atoms with Crippen LogP contribution in [0.1, 0.15) is 25.0 Å². The highest BCUT2D eigenvalue weighted by Gasteiger charge is 2.14. The first-order valence-electron chi connectivity index (χ1n) is 6.68. The molecule has 3 nitrogen and oxygen atoms in total. The molecule has 0 saturated carbocycles. The maximum absolute atomic E-state index is 4.66. The van der Waals surface area contributed by atoms with Crippen LogP contribution in [-0.2, 0) is 6.54 Å². The van der Waals surface area contributed by atoms with Gasteiger partial charge in [0.15, 0.2) is 0 Å². The Labute approximate surface area is 114 Å². The number of rotatable bonds is 4. The minimum Gasteiger partial charge on any atom is -0.355 e. The number of pyridine rings is 1. The number of aromatic nitrogens is 1. The van der Waals surface area contributed by atoms with E-state index in [0.717, 1.165) is 19.6 Å². The van der Waals surface area contributed by atoms with E-state index in [2.05, 4.69) is 42.0 Å². The molecule has 4 heteroatoms. The Balaban J connectivity index is 2.04. The van der Waals surface area contributed by atoms with Gasteiger partial charge in [-0.05, 0) is 24.1 Å². The summed E-state index contributed by atoms with van der Waals surface area (Å²) in [7, 11) is 0. The molecule has 1 aliphatic heterocycles. The van der Waals surface area contributed by atoms with Crippen molar-refractivity contribution in [2.24, 2.45) is 0 Å². The van der Waals surface area contributed by atoms with Crippen molar-refractivity contribution in [1.29, 1.82) is 0 Å². The largest absolute Gasteiger partial charge is 0.355 e. The van der Waals surface area contributed by atoms with Gasteiger partial charge in [-0.15, -0.1) is 0 Å². The first-order chi connectivity index (χ1) is 8.66. The standard InChI is InChI=1S/C14H23N3S/c1-11(2)15-9-13-8-12(3)14(16-10-13)17-4-6-18-7-5-17/h8,10-11,15H,4-7,9H2,1-3H3. The molecule has 2 rings (SSSR count).